The zero-order valence-electron chi connectivity index (χ0n) is 17.8. The van der Waals surface area contributed by atoms with Crippen molar-refractivity contribution in [1.29, 1.82) is 0 Å². The van der Waals surface area contributed by atoms with E-state index in [9.17, 15) is 14.4 Å². The van der Waals surface area contributed by atoms with E-state index < -0.39 is 11.8 Å². The molecule has 7 heteroatoms. The second-order valence-corrected chi connectivity index (χ2v) is 9.03. The Kier molecular flexibility index (Phi) is 5.71. The summed E-state index contributed by atoms with van der Waals surface area (Å²) in [5.74, 6) is 0.894. The number of nitrogens with one attached hydrogen (secondary N) is 2. The predicted molar refractivity (Wildman–Crippen MR) is 112 cm³/mol. The van der Waals surface area contributed by atoms with Gasteiger partial charge in [-0.3, -0.25) is 14.4 Å². The average Bonchev–Trinajstić information content (AvgIpc) is 2.88. The molecule has 3 aliphatic rings. The molecule has 4 rings (SSSR count). The van der Waals surface area contributed by atoms with Crippen molar-refractivity contribution in [2.24, 2.45) is 5.92 Å². The molecular weight excluding hydrogens is 382 g/mol. The molecule has 0 bridgehead atoms. The Morgan fingerprint density at radius 2 is 1.93 bits per heavy atom. The summed E-state index contributed by atoms with van der Waals surface area (Å²) in [6.07, 6.45) is 5.30. The third-order valence-corrected chi connectivity index (χ3v) is 6.81. The van der Waals surface area contributed by atoms with Crippen LogP contribution in [0.3, 0.4) is 0 Å². The van der Waals surface area contributed by atoms with Crippen LogP contribution < -0.4 is 15.4 Å². The molecule has 0 aromatic heterocycles. The molecule has 1 saturated heterocycles. The molecular formula is C23H31N3O4. The maximum absolute atomic E-state index is 12.8. The van der Waals surface area contributed by atoms with E-state index in [0.717, 1.165) is 31.6 Å². The fourth-order valence-electron chi connectivity index (χ4n) is 4.76. The van der Waals surface area contributed by atoms with Crippen LogP contribution in [0.15, 0.2) is 24.3 Å². The lowest BCUT2D eigenvalue weighted by atomic mass is 9.87. The quantitative estimate of drug-likeness (QED) is 0.797. The largest absolute Gasteiger partial charge is 0.467 e. The van der Waals surface area contributed by atoms with Crippen LogP contribution in [0.2, 0.25) is 0 Å². The van der Waals surface area contributed by atoms with E-state index in [-0.39, 0.29) is 30.2 Å². The molecule has 7 nitrogen and oxygen atoms in total. The van der Waals surface area contributed by atoms with E-state index in [1.807, 2.05) is 6.07 Å². The highest BCUT2D eigenvalue weighted by molar-refractivity contribution is 5.98. The lowest BCUT2D eigenvalue weighted by Gasteiger charge is -2.38. The number of hydrogen-bond donors (Lipinski definition) is 2. The van der Waals surface area contributed by atoms with E-state index in [0.29, 0.717) is 30.7 Å². The number of nitrogens with zero attached hydrogens (tertiary/aromatic N) is 1. The summed E-state index contributed by atoms with van der Waals surface area (Å²) in [7, 11) is 0. The third kappa shape index (κ3) is 4.16. The molecule has 0 radical (unpaired) electrons. The molecule has 162 valence electrons. The van der Waals surface area contributed by atoms with Crippen molar-refractivity contribution < 1.29 is 19.1 Å². The number of likely N-dealkylation sites (tertiary alicyclic amines) is 1. The Morgan fingerprint density at radius 1 is 1.20 bits per heavy atom. The lowest BCUT2D eigenvalue weighted by Crippen LogP contribution is -2.56. The lowest BCUT2D eigenvalue weighted by molar-refractivity contribution is -0.139. The first-order chi connectivity index (χ1) is 14.4. The smallest absolute Gasteiger partial charge is 0.258 e. The van der Waals surface area contributed by atoms with Gasteiger partial charge in [0, 0.05) is 31.8 Å². The van der Waals surface area contributed by atoms with Gasteiger partial charge in [-0.25, -0.2) is 0 Å². The molecule has 1 spiro atoms. The highest BCUT2D eigenvalue weighted by Crippen LogP contribution is 2.34. The van der Waals surface area contributed by atoms with Crippen LogP contribution in [0, 0.1) is 5.92 Å². The Balaban J connectivity index is 1.41. The van der Waals surface area contributed by atoms with E-state index in [1.165, 1.54) is 0 Å². The number of carbonyl (C=O) groups excluding carboxylic acids is 3. The minimum absolute atomic E-state index is 0.0801. The van der Waals surface area contributed by atoms with E-state index >= 15 is 0 Å². The van der Waals surface area contributed by atoms with Gasteiger partial charge in [-0.15, -0.1) is 0 Å². The molecule has 0 unspecified atom stereocenters. The summed E-state index contributed by atoms with van der Waals surface area (Å²) >= 11 is 0. The number of fused-ring (bicyclic) bond motifs is 1. The van der Waals surface area contributed by atoms with Gasteiger partial charge in [-0.2, -0.15) is 0 Å². The third-order valence-electron chi connectivity index (χ3n) is 6.81. The van der Waals surface area contributed by atoms with Crippen molar-refractivity contribution in [3.63, 3.8) is 0 Å². The van der Waals surface area contributed by atoms with Gasteiger partial charge in [0.05, 0.1) is 5.56 Å². The zero-order chi connectivity index (χ0) is 21.3. The van der Waals surface area contributed by atoms with Gasteiger partial charge in [0.25, 0.3) is 5.91 Å². The second-order valence-electron chi connectivity index (χ2n) is 9.03. The van der Waals surface area contributed by atoms with Crippen LogP contribution >= 0.6 is 0 Å². The molecule has 2 heterocycles. The van der Waals surface area contributed by atoms with Crippen LogP contribution in [0.25, 0.3) is 0 Å². The van der Waals surface area contributed by atoms with Gasteiger partial charge >= 0.3 is 0 Å². The van der Waals surface area contributed by atoms with Crippen LogP contribution in [-0.2, 0) is 9.59 Å². The highest BCUT2D eigenvalue weighted by Gasteiger charge is 2.43. The van der Waals surface area contributed by atoms with E-state index in [4.69, 9.17) is 4.74 Å². The molecule has 1 saturated carbocycles. The number of amides is 3. The van der Waals surface area contributed by atoms with Gasteiger partial charge in [-0.05, 0) is 50.7 Å². The summed E-state index contributed by atoms with van der Waals surface area (Å²) in [6.45, 7) is 4.39. The first-order valence-corrected chi connectivity index (χ1v) is 11.1. The molecule has 2 aliphatic heterocycles. The fraction of sp³-hybridized carbons (Fsp3) is 0.609. The number of rotatable bonds is 3. The number of carbonyl (C=O) groups is 3. The first-order valence-electron chi connectivity index (χ1n) is 11.1. The Labute approximate surface area is 177 Å². The topological polar surface area (TPSA) is 87.7 Å². The average molecular weight is 414 g/mol. The number of para-hydroxylation sites is 1. The van der Waals surface area contributed by atoms with Gasteiger partial charge in [0.15, 0.2) is 5.72 Å². The molecule has 1 aromatic carbocycles. The Morgan fingerprint density at radius 3 is 2.70 bits per heavy atom. The maximum Gasteiger partial charge on any atom is 0.258 e. The normalized spacial score (nSPS) is 30.0. The SMILES string of the molecule is CC1CCC(NC(=O)[C@@H](C)N2CC[C@@]3(CCC2=O)NC(=O)c2ccccc2O3)CC1. The summed E-state index contributed by atoms with van der Waals surface area (Å²) in [5.41, 5.74) is -0.406. The van der Waals surface area contributed by atoms with Crippen LogP contribution in [0.1, 0.15) is 69.2 Å². The van der Waals surface area contributed by atoms with Crippen molar-refractivity contribution in [1.82, 2.24) is 15.5 Å². The highest BCUT2D eigenvalue weighted by atomic mass is 16.5. The molecule has 2 atom stereocenters. The number of hydrogen-bond acceptors (Lipinski definition) is 4. The van der Waals surface area contributed by atoms with Crippen LogP contribution in [0.5, 0.6) is 5.75 Å². The molecule has 1 aliphatic carbocycles. The molecule has 2 fully saturated rings. The summed E-state index contributed by atoms with van der Waals surface area (Å²) in [6, 6.07) is 6.79. The van der Waals surface area contributed by atoms with Gasteiger partial charge < -0.3 is 20.3 Å². The minimum Gasteiger partial charge on any atom is -0.467 e. The zero-order valence-corrected chi connectivity index (χ0v) is 17.8. The van der Waals surface area contributed by atoms with Crippen molar-refractivity contribution >= 4 is 17.7 Å². The number of benzene rings is 1. The summed E-state index contributed by atoms with van der Waals surface area (Å²) in [5, 5.41) is 6.10. The predicted octanol–water partition coefficient (Wildman–Crippen LogP) is 2.60. The Bertz CT molecular complexity index is 833. The van der Waals surface area contributed by atoms with Crippen LogP contribution in [-0.4, -0.2) is 47.0 Å². The Hall–Kier alpha value is -2.57. The molecule has 3 amide bonds. The van der Waals surface area contributed by atoms with Crippen molar-refractivity contribution in [2.45, 2.75) is 76.6 Å². The van der Waals surface area contributed by atoms with Gasteiger partial charge in [-0.1, -0.05) is 19.1 Å². The van der Waals surface area contributed by atoms with Gasteiger partial charge in [0.2, 0.25) is 11.8 Å². The second kappa shape index (κ2) is 8.28. The van der Waals surface area contributed by atoms with Gasteiger partial charge in [0.1, 0.15) is 11.8 Å². The van der Waals surface area contributed by atoms with Crippen LogP contribution in [0.4, 0.5) is 0 Å². The summed E-state index contributed by atoms with van der Waals surface area (Å²) in [4.78, 5) is 39.9. The van der Waals surface area contributed by atoms with E-state index in [1.54, 1.807) is 30.0 Å². The van der Waals surface area contributed by atoms with Crippen molar-refractivity contribution in [3.05, 3.63) is 29.8 Å². The molecule has 2 N–H and O–H groups in total. The first kappa shape index (κ1) is 20.7. The molecule has 30 heavy (non-hydrogen) atoms. The fourth-order valence-corrected chi connectivity index (χ4v) is 4.76. The standard InChI is InChI=1S/C23H31N3O4/c1-15-7-9-17(10-8-15)24-21(28)16(2)26-14-13-23(12-11-20(26)27)25-22(29)18-5-3-4-6-19(18)30-23/h3-6,15-17H,7-14H2,1-2H3,(H,24,28)(H,25,29)/t15?,16-,17?,23+/m1/s1. The maximum atomic E-state index is 12.8. The van der Waals surface area contributed by atoms with Crippen molar-refractivity contribution in [2.75, 3.05) is 6.54 Å². The molecule has 1 aromatic rings. The minimum atomic E-state index is -0.911. The monoisotopic (exact) mass is 413 g/mol. The van der Waals surface area contributed by atoms with Crippen molar-refractivity contribution in [3.8, 4) is 5.75 Å². The summed E-state index contributed by atoms with van der Waals surface area (Å²) < 4.78 is 6.17. The van der Waals surface area contributed by atoms with E-state index in [2.05, 4.69) is 17.6 Å². The number of ether oxygens (including phenoxy) is 1.